The predicted molar refractivity (Wildman–Crippen MR) is 105 cm³/mol. The highest BCUT2D eigenvalue weighted by atomic mass is 16.7. The van der Waals surface area contributed by atoms with Crippen LogP contribution in [-0.4, -0.2) is 35.6 Å². The minimum atomic E-state index is -0.232. The van der Waals surface area contributed by atoms with E-state index in [0.717, 1.165) is 54.1 Å². The second kappa shape index (κ2) is 6.38. The first kappa shape index (κ1) is 17.6. The third-order valence-electron chi connectivity index (χ3n) is 7.82. The summed E-state index contributed by atoms with van der Waals surface area (Å²) in [6.45, 7) is 1.26. The van der Waals surface area contributed by atoms with Gasteiger partial charge in [-0.2, -0.15) is 0 Å². The van der Waals surface area contributed by atoms with Gasteiger partial charge in [-0.3, -0.25) is 9.59 Å². The van der Waals surface area contributed by atoms with Crippen molar-refractivity contribution in [1.82, 2.24) is 10.2 Å². The maximum atomic E-state index is 13.1. The SMILES string of the molecule is O=C(NC12CC3CC(CC(C3)C1)C2)C1CC(=O)N(Cc2ccc3c(c2)OCO3)C1. The third-order valence-corrected chi connectivity index (χ3v) is 7.82. The molecule has 1 N–H and O–H groups in total. The molecule has 2 heterocycles. The molecular weight excluding hydrogens is 368 g/mol. The Balaban J connectivity index is 1.11. The monoisotopic (exact) mass is 396 g/mol. The molecule has 2 amide bonds. The minimum Gasteiger partial charge on any atom is -0.454 e. The largest absolute Gasteiger partial charge is 0.454 e. The molecule has 7 rings (SSSR count). The smallest absolute Gasteiger partial charge is 0.231 e. The van der Waals surface area contributed by atoms with Crippen LogP contribution in [0.4, 0.5) is 0 Å². The van der Waals surface area contributed by atoms with E-state index in [4.69, 9.17) is 9.47 Å². The molecule has 0 aromatic heterocycles. The lowest BCUT2D eigenvalue weighted by atomic mass is 9.53. The van der Waals surface area contributed by atoms with Gasteiger partial charge in [0.1, 0.15) is 0 Å². The van der Waals surface area contributed by atoms with Crippen LogP contribution in [0.15, 0.2) is 18.2 Å². The van der Waals surface area contributed by atoms with E-state index in [0.29, 0.717) is 19.5 Å². The number of fused-ring (bicyclic) bond motifs is 1. The van der Waals surface area contributed by atoms with Crippen molar-refractivity contribution in [1.29, 1.82) is 0 Å². The number of hydrogen-bond donors (Lipinski definition) is 1. The molecule has 0 radical (unpaired) electrons. The number of nitrogens with zero attached hydrogens (tertiary/aromatic N) is 1. The summed E-state index contributed by atoms with van der Waals surface area (Å²) in [5.41, 5.74) is 1.02. The lowest BCUT2D eigenvalue weighted by Gasteiger charge is -2.57. The molecule has 2 aliphatic heterocycles. The summed E-state index contributed by atoms with van der Waals surface area (Å²) in [5, 5.41) is 3.45. The predicted octanol–water partition coefficient (Wildman–Crippen LogP) is 2.85. The van der Waals surface area contributed by atoms with Crippen LogP contribution in [0.25, 0.3) is 0 Å². The van der Waals surface area contributed by atoms with Crippen molar-refractivity contribution in [3.63, 3.8) is 0 Å². The fourth-order valence-electron chi connectivity index (χ4n) is 6.99. The van der Waals surface area contributed by atoms with Crippen LogP contribution in [0.1, 0.15) is 50.5 Å². The highest BCUT2D eigenvalue weighted by molar-refractivity contribution is 5.89. The molecule has 29 heavy (non-hydrogen) atoms. The Kier molecular flexibility index (Phi) is 3.87. The van der Waals surface area contributed by atoms with Gasteiger partial charge in [0.05, 0.1) is 5.92 Å². The zero-order valence-electron chi connectivity index (χ0n) is 16.7. The van der Waals surface area contributed by atoms with E-state index in [1.807, 2.05) is 23.1 Å². The Hall–Kier alpha value is -2.24. The van der Waals surface area contributed by atoms with Crippen molar-refractivity contribution in [2.45, 2.75) is 57.0 Å². The van der Waals surface area contributed by atoms with Gasteiger partial charge in [-0.1, -0.05) is 6.07 Å². The Bertz CT molecular complexity index is 831. The summed E-state index contributed by atoms with van der Waals surface area (Å²) >= 11 is 0. The van der Waals surface area contributed by atoms with Crippen LogP contribution < -0.4 is 14.8 Å². The van der Waals surface area contributed by atoms with Gasteiger partial charge in [-0.25, -0.2) is 0 Å². The van der Waals surface area contributed by atoms with E-state index in [1.165, 1.54) is 19.3 Å². The van der Waals surface area contributed by atoms with Crippen molar-refractivity contribution in [2.75, 3.05) is 13.3 Å². The summed E-state index contributed by atoms with van der Waals surface area (Å²) in [5.74, 6) is 3.80. The third kappa shape index (κ3) is 3.08. The molecule has 4 bridgehead atoms. The van der Waals surface area contributed by atoms with Gasteiger partial charge >= 0.3 is 0 Å². The van der Waals surface area contributed by atoms with Gasteiger partial charge in [0.2, 0.25) is 18.6 Å². The Morgan fingerprint density at radius 2 is 1.76 bits per heavy atom. The van der Waals surface area contributed by atoms with E-state index < -0.39 is 0 Å². The van der Waals surface area contributed by atoms with Crippen LogP contribution in [0.3, 0.4) is 0 Å². The lowest BCUT2D eigenvalue weighted by Crippen LogP contribution is -2.60. The van der Waals surface area contributed by atoms with Crippen molar-refractivity contribution in [3.8, 4) is 11.5 Å². The van der Waals surface area contributed by atoms with Crippen LogP contribution in [0, 0.1) is 23.7 Å². The summed E-state index contributed by atoms with van der Waals surface area (Å²) in [6, 6.07) is 5.78. The zero-order valence-corrected chi connectivity index (χ0v) is 16.7. The summed E-state index contributed by atoms with van der Waals surface area (Å²) in [6.07, 6.45) is 7.84. The van der Waals surface area contributed by atoms with Gasteiger partial charge in [0, 0.05) is 25.0 Å². The molecule has 0 spiro atoms. The highest BCUT2D eigenvalue weighted by Gasteiger charge is 2.52. The van der Waals surface area contributed by atoms with Gasteiger partial charge in [0.25, 0.3) is 0 Å². The number of rotatable bonds is 4. The molecule has 5 fully saturated rings. The molecule has 4 saturated carbocycles. The zero-order chi connectivity index (χ0) is 19.6. The molecule has 4 aliphatic carbocycles. The second-order valence-electron chi connectivity index (χ2n) is 10.1. The summed E-state index contributed by atoms with van der Waals surface area (Å²) < 4.78 is 10.8. The molecule has 1 unspecified atom stereocenters. The molecule has 1 aromatic rings. The average Bonchev–Trinajstić information content (AvgIpc) is 3.27. The van der Waals surface area contributed by atoms with Gasteiger partial charge in [-0.05, 0) is 74.0 Å². The van der Waals surface area contributed by atoms with E-state index in [-0.39, 0.29) is 30.1 Å². The van der Waals surface area contributed by atoms with E-state index >= 15 is 0 Å². The second-order valence-corrected chi connectivity index (χ2v) is 10.1. The lowest BCUT2D eigenvalue weighted by molar-refractivity contribution is -0.132. The number of hydrogen-bond acceptors (Lipinski definition) is 4. The van der Waals surface area contributed by atoms with Crippen LogP contribution >= 0.6 is 0 Å². The Morgan fingerprint density at radius 3 is 2.48 bits per heavy atom. The summed E-state index contributed by atoms with van der Waals surface area (Å²) in [7, 11) is 0. The molecular formula is C23H28N2O4. The van der Waals surface area contributed by atoms with Crippen molar-refractivity contribution >= 4 is 11.8 Å². The first-order valence-corrected chi connectivity index (χ1v) is 11.0. The maximum Gasteiger partial charge on any atom is 0.231 e. The number of ether oxygens (including phenoxy) is 2. The molecule has 154 valence electrons. The van der Waals surface area contributed by atoms with Crippen LogP contribution in [0.2, 0.25) is 0 Å². The first-order chi connectivity index (χ1) is 14.1. The van der Waals surface area contributed by atoms with Crippen LogP contribution in [0.5, 0.6) is 11.5 Å². The van der Waals surface area contributed by atoms with Crippen molar-refractivity contribution < 1.29 is 19.1 Å². The Morgan fingerprint density at radius 1 is 1.07 bits per heavy atom. The van der Waals surface area contributed by atoms with Gasteiger partial charge in [-0.15, -0.1) is 0 Å². The normalized spacial score (nSPS) is 36.7. The fraction of sp³-hybridized carbons (Fsp3) is 0.652. The molecule has 6 heteroatoms. The standard InChI is InChI=1S/C23H28N2O4/c26-21-7-18(12-25(21)11-14-1-2-19-20(6-14)29-13-28-19)22(27)24-23-8-15-3-16(9-23)5-17(4-15)10-23/h1-2,6,15-18H,3-5,7-13H2,(H,24,27). The quantitative estimate of drug-likeness (QED) is 0.850. The molecule has 6 nitrogen and oxygen atoms in total. The van der Waals surface area contributed by atoms with Crippen LogP contribution in [-0.2, 0) is 16.1 Å². The number of benzene rings is 1. The topological polar surface area (TPSA) is 67.9 Å². The fourth-order valence-corrected chi connectivity index (χ4v) is 6.99. The highest BCUT2D eigenvalue weighted by Crippen LogP contribution is 2.55. The average molecular weight is 396 g/mol. The van der Waals surface area contributed by atoms with E-state index in [9.17, 15) is 9.59 Å². The number of likely N-dealkylation sites (tertiary alicyclic amines) is 1. The van der Waals surface area contributed by atoms with Crippen molar-refractivity contribution in [2.24, 2.45) is 23.7 Å². The van der Waals surface area contributed by atoms with Gasteiger partial charge < -0.3 is 19.7 Å². The number of carbonyl (C=O) groups is 2. The summed E-state index contributed by atoms with van der Waals surface area (Å²) in [4.78, 5) is 27.5. The van der Waals surface area contributed by atoms with E-state index in [2.05, 4.69) is 5.32 Å². The van der Waals surface area contributed by atoms with Crippen molar-refractivity contribution in [3.05, 3.63) is 23.8 Å². The molecule has 6 aliphatic rings. The van der Waals surface area contributed by atoms with Gasteiger partial charge in [0.15, 0.2) is 11.5 Å². The molecule has 1 saturated heterocycles. The number of amides is 2. The van der Waals surface area contributed by atoms with E-state index in [1.54, 1.807) is 0 Å². The minimum absolute atomic E-state index is 0.0135. The number of nitrogens with one attached hydrogen (secondary N) is 1. The first-order valence-electron chi connectivity index (χ1n) is 11.0. The molecule has 1 atom stereocenters. The Labute approximate surface area is 170 Å². The number of carbonyl (C=O) groups excluding carboxylic acids is 2. The molecule has 1 aromatic carbocycles. The maximum absolute atomic E-state index is 13.1.